The van der Waals surface area contributed by atoms with Crippen molar-refractivity contribution in [3.63, 3.8) is 0 Å². The summed E-state index contributed by atoms with van der Waals surface area (Å²) >= 11 is 0. The van der Waals surface area contributed by atoms with Crippen LogP contribution >= 0.6 is 0 Å². The van der Waals surface area contributed by atoms with Gasteiger partial charge in [-0.25, -0.2) is 0 Å². The maximum Gasteiger partial charge on any atom is 0.130 e. The second-order valence-electron chi connectivity index (χ2n) is 3.83. The van der Waals surface area contributed by atoms with Crippen LogP contribution in [0.25, 0.3) is 0 Å². The lowest BCUT2D eigenvalue weighted by atomic mass is 9.80. The van der Waals surface area contributed by atoms with Crippen molar-refractivity contribution >= 4 is 0 Å². The first-order valence-corrected chi connectivity index (χ1v) is 4.71. The van der Waals surface area contributed by atoms with Crippen molar-refractivity contribution in [1.29, 1.82) is 0 Å². The predicted molar refractivity (Wildman–Crippen MR) is 55.4 cm³/mol. The first kappa shape index (κ1) is 9.28. The van der Waals surface area contributed by atoms with Crippen molar-refractivity contribution in [2.75, 3.05) is 13.2 Å². The minimum absolute atomic E-state index is 0.111. The summed E-state index contributed by atoms with van der Waals surface area (Å²) in [6.45, 7) is 7.29. The summed E-state index contributed by atoms with van der Waals surface area (Å²) in [7, 11) is 0. The van der Waals surface area contributed by atoms with E-state index in [4.69, 9.17) is 9.47 Å². The van der Waals surface area contributed by atoms with Gasteiger partial charge in [-0.2, -0.15) is 0 Å². The molecule has 1 fully saturated rings. The average molecular weight is 190 g/mol. The van der Waals surface area contributed by atoms with Crippen LogP contribution in [0.4, 0.5) is 0 Å². The van der Waals surface area contributed by atoms with E-state index in [0.717, 1.165) is 19.0 Å². The summed E-state index contributed by atoms with van der Waals surface area (Å²) in [4.78, 5) is 0. The largest absolute Gasteiger partial charge is 0.465 e. The van der Waals surface area contributed by atoms with Gasteiger partial charge in [0.05, 0.1) is 19.5 Å². The van der Waals surface area contributed by atoms with Crippen molar-refractivity contribution in [3.8, 4) is 5.75 Å². The summed E-state index contributed by atoms with van der Waals surface area (Å²) in [6, 6.07) is 8.03. The van der Waals surface area contributed by atoms with E-state index in [1.807, 2.05) is 18.2 Å². The lowest BCUT2D eigenvalue weighted by Crippen LogP contribution is -2.44. The predicted octanol–water partition coefficient (Wildman–Crippen LogP) is 2.50. The van der Waals surface area contributed by atoms with Crippen LogP contribution in [-0.2, 0) is 10.2 Å². The lowest BCUT2D eigenvalue weighted by molar-refractivity contribution is -0.0507. The lowest BCUT2D eigenvalue weighted by Gasteiger charge is -2.39. The molecular weight excluding hydrogens is 176 g/mol. The fourth-order valence-corrected chi connectivity index (χ4v) is 1.72. The summed E-state index contributed by atoms with van der Waals surface area (Å²) < 4.78 is 10.6. The fraction of sp³-hybridized carbons (Fsp3) is 0.333. The molecule has 1 aliphatic rings. The molecule has 14 heavy (non-hydrogen) atoms. The van der Waals surface area contributed by atoms with E-state index in [2.05, 4.69) is 19.6 Å². The summed E-state index contributed by atoms with van der Waals surface area (Å²) in [5.74, 6) is 0.883. The number of ether oxygens (including phenoxy) is 2. The Morgan fingerprint density at radius 3 is 2.71 bits per heavy atom. The molecule has 0 aromatic heterocycles. The van der Waals surface area contributed by atoms with Crippen LogP contribution in [0.5, 0.6) is 5.75 Å². The van der Waals surface area contributed by atoms with E-state index in [1.165, 1.54) is 11.8 Å². The molecule has 2 nitrogen and oxygen atoms in total. The number of hydrogen-bond donors (Lipinski definition) is 0. The third kappa shape index (κ3) is 1.42. The zero-order valence-electron chi connectivity index (χ0n) is 8.32. The van der Waals surface area contributed by atoms with Crippen molar-refractivity contribution in [2.24, 2.45) is 0 Å². The van der Waals surface area contributed by atoms with Crippen molar-refractivity contribution in [3.05, 3.63) is 42.7 Å². The van der Waals surface area contributed by atoms with Crippen LogP contribution in [0.1, 0.15) is 12.5 Å². The van der Waals surface area contributed by atoms with Gasteiger partial charge < -0.3 is 9.47 Å². The first-order chi connectivity index (χ1) is 6.76. The zero-order valence-corrected chi connectivity index (χ0v) is 8.32. The third-order valence-corrected chi connectivity index (χ3v) is 2.59. The van der Waals surface area contributed by atoms with E-state index in [1.54, 1.807) is 0 Å². The molecule has 2 rings (SSSR count). The number of hydrogen-bond acceptors (Lipinski definition) is 2. The molecule has 0 radical (unpaired) electrons. The molecule has 0 amide bonds. The molecule has 0 N–H and O–H groups in total. The van der Waals surface area contributed by atoms with Gasteiger partial charge >= 0.3 is 0 Å². The molecule has 0 saturated carbocycles. The van der Waals surface area contributed by atoms with E-state index in [9.17, 15) is 0 Å². The smallest absolute Gasteiger partial charge is 0.130 e. The quantitative estimate of drug-likeness (QED) is 0.682. The highest BCUT2D eigenvalue weighted by Gasteiger charge is 2.37. The maximum atomic E-state index is 5.37. The molecule has 2 heteroatoms. The van der Waals surface area contributed by atoms with Crippen LogP contribution in [0.3, 0.4) is 0 Å². The molecule has 74 valence electrons. The molecule has 0 aliphatic carbocycles. The Morgan fingerprint density at radius 1 is 1.43 bits per heavy atom. The Hall–Kier alpha value is -1.28. The van der Waals surface area contributed by atoms with E-state index >= 15 is 0 Å². The second-order valence-corrected chi connectivity index (χ2v) is 3.83. The van der Waals surface area contributed by atoms with Crippen LogP contribution in [-0.4, -0.2) is 13.2 Å². The van der Waals surface area contributed by atoms with Crippen molar-refractivity contribution < 1.29 is 9.47 Å². The molecule has 1 aromatic rings. The fourth-order valence-electron chi connectivity index (χ4n) is 1.72. The van der Waals surface area contributed by atoms with Gasteiger partial charge in [-0.05, 0) is 6.07 Å². The molecule has 1 heterocycles. The Labute approximate surface area is 84.2 Å². The molecule has 0 bridgehead atoms. The molecule has 0 atom stereocenters. The first-order valence-electron chi connectivity index (χ1n) is 4.71. The zero-order chi connectivity index (χ0) is 10.0. The van der Waals surface area contributed by atoms with Gasteiger partial charge in [0, 0.05) is 11.0 Å². The Bertz CT molecular complexity index is 340. The number of rotatable bonds is 3. The molecule has 0 spiro atoms. The highest BCUT2D eigenvalue weighted by Crippen LogP contribution is 2.37. The summed E-state index contributed by atoms with van der Waals surface area (Å²) in [5.41, 5.74) is 1.31. The monoisotopic (exact) mass is 190 g/mol. The van der Waals surface area contributed by atoms with Crippen LogP contribution in [0.2, 0.25) is 0 Å². The molecule has 1 saturated heterocycles. The van der Waals surface area contributed by atoms with Crippen molar-refractivity contribution in [1.82, 2.24) is 0 Å². The molecular formula is C12H14O2. The van der Waals surface area contributed by atoms with Gasteiger partial charge in [0.2, 0.25) is 0 Å². The maximum absolute atomic E-state index is 5.37. The van der Waals surface area contributed by atoms with Gasteiger partial charge in [0.25, 0.3) is 0 Å². The van der Waals surface area contributed by atoms with E-state index < -0.39 is 0 Å². The molecule has 1 aliphatic heterocycles. The van der Waals surface area contributed by atoms with Crippen LogP contribution in [0, 0.1) is 0 Å². The topological polar surface area (TPSA) is 18.5 Å². The molecule has 1 aromatic carbocycles. The number of benzene rings is 1. The Morgan fingerprint density at radius 2 is 2.14 bits per heavy atom. The Kier molecular flexibility index (Phi) is 2.30. The normalized spacial score (nSPS) is 18.4. The average Bonchev–Trinajstić information content (AvgIpc) is 2.16. The standard InChI is InChI=1S/C12H14O2/c1-3-14-11-7-5-4-6-10(11)12(2)8-13-9-12/h3-7H,1,8-9H2,2H3. The molecule has 0 unspecified atom stereocenters. The van der Waals surface area contributed by atoms with Gasteiger partial charge in [-0.3, -0.25) is 0 Å². The van der Waals surface area contributed by atoms with Crippen molar-refractivity contribution in [2.45, 2.75) is 12.3 Å². The third-order valence-electron chi connectivity index (χ3n) is 2.59. The van der Waals surface area contributed by atoms with Gasteiger partial charge in [0.1, 0.15) is 5.75 Å². The van der Waals surface area contributed by atoms with Gasteiger partial charge in [-0.1, -0.05) is 31.7 Å². The Balaban J connectivity index is 2.35. The van der Waals surface area contributed by atoms with Crippen LogP contribution < -0.4 is 4.74 Å². The van der Waals surface area contributed by atoms with Crippen LogP contribution in [0.15, 0.2) is 37.1 Å². The second kappa shape index (κ2) is 3.46. The van der Waals surface area contributed by atoms with E-state index in [-0.39, 0.29) is 5.41 Å². The minimum Gasteiger partial charge on any atom is -0.465 e. The summed E-state index contributed by atoms with van der Waals surface area (Å²) in [6.07, 6.45) is 1.46. The SMILES string of the molecule is C=COc1ccccc1C1(C)COC1. The van der Waals surface area contributed by atoms with E-state index in [0.29, 0.717) is 0 Å². The summed E-state index contributed by atoms with van der Waals surface area (Å²) in [5, 5.41) is 0. The van der Waals surface area contributed by atoms with Gasteiger partial charge in [-0.15, -0.1) is 0 Å². The minimum atomic E-state index is 0.111. The van der Waals surface area contributed by atoms with Gasteiger partial charge in [0.15, 0.2) is 0 Å². The number of para-hydroxylation sites is 1. The highest BCUT2D eigenvalue weighted by atomic mass is 16.5. The highest BCUT2D eigenvalue weighted by molar-refractivity contribution is 5.41.